The number of phosphoric ester groups is 2. The summed E-state index contributed by atoms with van der Waals surface area (Å²) in [6, 6.07) is 0. The van der Waals surface area contributed by atoms with E-state index in [0.29, 0.717) is 31.6 Å². The number of ether oxygens (including phenoxy) is 4. The third-order valence-electron chi connectivity index (χ3n) is 21.5. The standard InChI is InChI=1S/C89H174O17P2/c1-9-81(7)67-59-51-42-36-30-23-19-15-11-13-17-21-25-33-39-45-55-63-71-88(93)105-84(75-99-86(91)69-61-53-44-38-32-28-27-29-35-41-49-57-65-79(3)4)77-103-107(95,96)101-73-83(90)74-102-108(97,98)104-78-85(76-100-87(92)70-62-54-48-47-50-58-66-80(5)6)106-89(94)72-64-56-46-40-34-26-22-18-14-12-16-20-24-31-37-43-52-60-68-82(8)10-2/h79-85,90H,9-78H2,1-8H3,(H,95,96)(H,97,98)/t81?,82?,83-,84-,85-/m1/s1. The van der Waals surface area contributed by atoms with Crippen molar-refractivity contribution in [2.75, 3.05) is 39.6 Å². The average Bonchev–Trinajstić information content (AvgIpc) is 0.913. The number of phosphoric acid groups is 2. The summed E-state index contributed by atoms with van der Waals surface area (Å²) in [4.78, 5) is 73.2. The van der Waals surface area contributed by atoms with E-state index in [0.717, 1.165) is 114 Å². The molecule has 0 saturated carbocycles. The molecule has 0 aliphatic rings. The van der Waals surface area contributed by atoms with Gasteiger partial charge in [0.05, 0.1) is 26.4 Å². The van der Waals surface area contributed by atoms with E-state index in [1.807, 2.05) is 0 Å². The van der Waals surface area contributed by atoms with Crippen molar-refractivity contribution in [3.63, 3.8) is 0 Å². The van der Waals surface area contributed by atoms with Crippen molar-refractivity contribution < 1.29 is 80.2 Å². The average molecular weight is 1580 g/mol. The fourth-order valence-corrected chi connectivity index (χ4v) is 15.4. The zero-order chi connectivity index (χ0) is 79.5. The van der Waals surface area contributed by atoms with Crippen LogP contribution in [0.4, 0.5) is 0 Å². The SMILES string of the molecule is CCC(C)CCCCCCCCCCCCCCCCCCCCC(=O)O[C@H](COC(=O)CCCCCCCCCCCCCCC(C)C)COP(=O)(O)OC[C@@H](O)COP(=O)(O)OC[C@@H](COC(=O)CCCCCCCCC(C)C)OC(=O)CCCCCCCCCCCCCCCCCCCCC(C)CC. The maximum Gasteiger partial charge on any atom is 0.472 e. The van der Waals surface area contributed by atoms with Gasteiger partial charge in [-0.2, -0.15) is 0 Å². The summed E-state index contributed by atoms with van der Waals surface area (Å²) in [5.41, 5.74) is 0. The Bertz CT molecular complexity index is 2100. The van der Waals surface area contributed by atoms with Crippen molar-refractivity contribution in [3.8, 4) is 0 Å². The molecule has 0 aromatic rings. The molecule has 0 amide bonds. The lowest BCUT2D eigenvalue weighted by molar-refractivity contribution is -0.161. The number of unbranched alkanes of at least 4 members (excludes halogenated alkanes) is 50. The lowest BCUT2D eigenvalue weighted by Crippen LogP contribution is -2.30. The van der Waals surface area contributed by atoms with E-state index in [9.17, 15) is 43.2 Å². The molecule has 642 valence electrons. The molecule has 0 aromatic carbocycles. The van der Waals surface area contributed by atoms with Gasteiger partial charge in [-0.05, 0) is 49.4 Å². The molecule has 0 heterocycles. The highest BCUT2D eigenvalue weighted by molar-refractivity contribution is 7.47. The van der Waals surface area contributed by atoms with Crippen molar-refractivity contribution in [1.29, 1.82) is 0 Å². The van der Waals surface area contributed by atoms with Crippen LogP contribution in [0.2, 0.25) is 0 Å². The van der Waals surface area contributed by atoms with Crippen molar-refractivity contribution in [1.82, 2.24) is 0 Å². The predicted molar refractivity (Wildman–Crippen MR) is 446 cm³/mol. The molecule has 0 aromatic heterocycles. The Morgan fingerprint density at radius 1 is 0.259 bits per heavy atom. The maximum atomic E-state index is 13.2. The molecule has 0 aliphatic carbocycles. The van der Waals surface area contributed by atoms with Gasteiger partial charge in [0.1, 0.15) is 19.3 Å². The van der Waals surface area contributed by atoms with Crippen molar-refractivity contribution in [3.05, 3.63) is 0 Å². The van der Waals surface area contributed by atoms with E-state index in [4.69, 9.17) is 37.0 Å². The van der Waals surface area contributed by atoms with Gasteiger partial charge in [0.15, 0.2) is 12.2 Å². The van der Waals surface area contributed by atoms with Crippen molar-refractivity contribution >= 4 is 39.5 Å². The first-order valence-electron chi connectivity index (χ1n) is 45.8. The summed E-state index contributed by atoms with van der Waals surface area (Å²) in [6.45, 7) is 14.4. The first-order chi connectivity index (χ1) is 52.2. The van der Waals surface area contributed by atoms with Crippen molar-refractivity contribution in [2.24, 2.45) is 23.7 Å². The Hall–Kier alpha value is -1.94. The molecule has 0 rings (SSSR count). The van der Waals surface area contributed by atoms with E-state index in [1.54, 1.807) is 0 Å². The Morgan fingerprint density at radius 2 is 0.444 bits per heavy atom. The highest BCUT2D eigenvalue weighted by Crippen LogP contribution is 2.45. The van der Waals surface area contributed by atoms with Crippen LogP contribution < -0.4 is 0 Å². The van der Waals surface area contributed by atoms with Gasteiger partial charge in [0, 0.05) is 25.7 Å². The minimum absolute atomic E-state index is 0.107. The van der Waals surface area contributed by atoms with Crippen LogP contribution in [0.15, 0.2) is 0 Å². The third kappa shape index (κ3) is 79.3. The highest BCUT2D eigenvalue weighted by Gasteiger charge is 2.31. The van der Waals surface area contributed by atoms with Crippen LogP contribution in [0.1, 0.15) is 466 Å². The van der Waals surface area contributed by atoms with Gasteiger partial charge in [-0.3, -0.25) is 37.3 Å². The summed E-state index contributed by atoms with van der Waals surface area (Å²) in [7, 11) is -9.93. The fraction of sp³-hybridized carbons (Fsp3) is 0.955. The summed E-state index contributed by atoms with van der Waals surface area (Å²) in [6.07, 6.45) is 68.2. The molecular formula is C89H174O17P2. The Labute approximate surface area is 664 Å². The molecule has 108 heavy (non-hydrogen) atoms. The first-order valence-corrected chi connectivity index (χ1v) is 48.8. The number of hydrogen-bond donors (Lipinski definition) is 3. The van der Waals surface area contributed by atoms with E-state index in [2.05, 4.69) is 55.4 Å². The lowest BCUT2D eigenvalue weighted by Gasteiger charge is -2.21. The molecule has 0 bridgehead atoms. The van der Waals surface area contributed by atoms with Gasteiger partial charge in [0.25, 0.3) is 0 Å². The Balaban J connectivity index is 5.17. The van der Waals surface area contributed by atoms with Gasteiger partial charge in [-0.25, -0.2) is 9.13 Å². The largest absolute Gasteiger partial charge is 0.472 e. The van der Waals surface area contributed by atoms with Gasteiger partial charge >= 0.3 is 39.5 Å². The summed E-state index contributed by atoms with van der Waals surface area (Å²) < 4.78 is 68.9. The second-order valence-electron chi connectivity index (χ2n) is 33.4. The quantitative estimate of drug-likeness (QED) is 0.0222. The van der Waals surface area contributed by atoms with Crippen molar-refractivity contribution in [2.45, 2.75) is 485 Å². The number of rotatable bonds is 86. The molecule has 0 aliphatic heterocycles. The van der Waals surface area contributed by atoms with Crippen LogP contribution in [0.3, 0.4) is 0 Å². The number of carbonyl (C=O) groups excluding carboxylic acids is 4. The summed E-state index contributed by atoms with van der Waals surface area (Å²) in [5, 5.41) is 10.7. The van der Waals surface area contributed by atoms with E-state index < -0.39 is 97.5 Å². The molecule has 17 nitrogen and oxygen atoms in total. The first kappa shape index (κ1) is 106. The van der Waals surface area contributed by atoms with E-state index in [1.165, 1.54) is 263 Å². The molecule has 19 heteroatoms. The number of aliphatic hydroxyl groups is 1. The molecule has 7 atom stereocenters. The monoisotopic (exact) mass is 1580 g/mol. The van der Waals surface area contributed by atoms with Crippen LogP contribution in [-0.4, -0.2) is 96.7 Å². The van der Waals surface area contributed by atoms with Gasteiger partial charge < -0.3 is 33.8 Å². The summed E-state index contributed by atoms with van der Waals surface area (Å²) in [5.74, 6) is 1.10. The normalized spacial score (nSPS) is 14.4. The predicted octanol–water partition coefficient (Wildman–Crippen LogP) is 27.1. The van der Waals surface area contributed by atoms with E-state index >= 15 is 0 Å². The minimum atomic E-state index is -4.97. The molecule has 0 saturated heterocycles. The lowest BCUT2D eigenvalue weighted by atomic mass is 9.99. The topological polar surface area (TPSA) is 237 Å². The molecular weight excluding hydrogens is 1400 g/mol. The third-order valence-corrected chi connectivity index (χ3v) is 23.4. The van der Waals surface area contributed by atoms with Gasteiger partial charge in [-0.1, -0.05) is 415 Å². The number of hydrogen-bond acceptors (Lipinski definition) is 15. The van der Waals surface area contributed by atoms with Crippen LogP contribution >= 0.6 is 15.6 Å². The van der Waals surface area contributed by atoms with Crippen LogP contribution in [-0.2, 0) is 65.4 Å². The van der Waals surface area contributed by atoms with Crippen LogP contribution in [0.25, 0.3) is 0 Å². The second-order valence-corrected chi connectivity index (χ2v) is 36.3. The number of aliphatic hydroxyl groups excluding tert-OH is 1. The molecule has 3 N–H and O–H groups in total. The van der Waals surface area contributed by atoms with Gasteiger partial charge in [0.2, 0.25) is 0 Å². The van der Waals surface area contributed by atoms with Crippen LogP contribution in [0, 0.1) is 23.7 Å². The zero-order valence-corrected chi connectivity index (χ0v) is 73.3. The highest BCUT2D eigenvalue weighted by atomic mass is 31.2. The number of esters is 4. The molecule has 0 radical (unpaired) electrons. The zero-order valence-electron chi connectivity index (χ0n) is 71.5. The van der Waals surface area contributed by atoms with Crippen LogP contribution in [0.5, 0.6) is 0 Å². The van der Waals surface area contributed by atoms with E-state index in [-0.39, 0.29) is 25.7 Å². The Morgan fingerprint density at radius 3 is 0.657 bits per heavy atom. The second kappa shape index (κ2) is 77.6. The molecule has 0 fully saturated rings. The fourth-order valence-electron chi connectivity index (χ4n) is 13.8. The molecule has 0 spiro atoms. The number of carbonyl (C=O) groups is 4. The minimum Gasteiger partial charge on any atom is -0.462 e. The van der Waals surface area contributed by atoms with Gasteiger partial charge in [-0.15, -0.1) is 0 Å². The Kier molecular flexibility index (Phi) is 76.2. The molecule has 4 unspecified atom stereocenters. The summed E-state index contributed by atoms with van der Waals surface area (Å²) >= 11 is 0. The maximum absolute atomic E-state index is 13.2. The smallest absolute Gasteiger partial charge is 0.462 e.